The number of nitrogens with zero attached hydrogens (tertiary/aromatic N) is 1. The van der Waals surface area contributed by atoms with Crippen molar-refractivity contribution >= 4 is 23.2 Å². The molecule has 0 aromatic heterocycles. The van der Waals surface area contributed by atoms with Gasteiger partial charge in [0.15, 0.2) is 6.54 Å². The Labute approximate surface area is 219 Å². The summed E-state index contributed by atoms with van der Waals surface area (Å²) in [6.07, 6.45) is 2.04. The first-order chi connectivity index (χ1) is 16.0. The van der Waals surface area contributed by atoms with Gasteiger partial charge in [0.1, 0.15) is 18.9 Å². The van der Waals surface area contributed by atoms with Gasteiger partial charge in [0.25, 0.3) is 5.91 Å². The summed E-state index contributed by atoms with van der Waals surface area (Å²) in [5.41, 5.74) is 3.06. The smallest absolute Gasteiger partial charge is 0.279 e. The fourth-order valence-corrected chi connectivity index (χ4v) is 4.45. The van der Waals surface area contributed by atoms with Crippen LogP contribution in [0.25, 0.3) is 0 Å². The molecule has 0 atom stereocenters. The van der Waals surface area contributed by atoms with Crippen molar-refractivity contribution in [3.05, 3.63) is 95.0 Å². The molecule has 0 spiro atoms. The van der Waals surface area contributed by atoms with Crippen LogP contribution in [0.1, 0.15) is 37.8 Å². The molecule has 0 aliphatic heterocycles. The van der Waals surface area contributed by atoms with Crippen molar-refractivity contribution in [2.75, 3.05) is 25.0 Å². The summed E-state index contributed by atoms with van der Waals surface area (Å²) in [7, 11) is 0. The number of halogens is 2. The number of rotatable bonds is 12. The first-order valence-corrected chi connectivity index (χ1v) is 12.1. The van der Waals surface area contributed by atoms with Gasteiger partial charge in [0, 0.05) is 22.3 Å². The van der Waals surface area contributed by atoms with Gasteiger partial charge in [-0.2, -0.15) is 0 Å². The molecule has 3 aromatic carbocycles. The van der Waals surface area contributed by atoms with E-state index >= 15 is 0 Å². The molecular weight excluding hydrogens is 512 g/mol. The predicted octanol–water partition coefficient (Wildman–Crippen LogP) is 3.70. The Kier molecular flexibility index (Phi) is 11.6. The van der Waals surface area contributed by atoms with Crippen molar-refractivity contribution in [2.45, 2.75) is 39.8 Å². The van der Waals surface area contributed by atoms with E-state index in [9.17, 15) is 4.79 Å². The summed E-state index contributed by atoms with van der Waals surface area (Å²) in [5.74, 6) is 0.756. The summed E-state index contributed by atoms with van der Waals surface area (Å²) in [6.45, 7) is 7.98. The molecule has 0 saturated heterocycles. The Balaban J connectivity index is 0.00000408. The van der Waals surface area contributed by atoms with Crippen molar-refractivity contribution < 1.29 is 31.0 Å². The van der Waals surface area contributed by atoms with Crippen LogP contribution in [0.4, 0.5) is 5.69 Å². The van der Waals surface area contributed by atoms with Gasteiger partial charge < -0.3 is 31.5 Å². The van der Waals surface area contributed by atoms with E-state index in [2.05, 4.69) is 31.3 Å². The molecule has 1 N–H and O–H groups in total. The molecule has 0 unspecified atom stereocenters. The number of hydrogen-bond donors (Lipinski definition) is 1. The van der Waals surface area contributed by atoms with Crippen LogP contribution in [0.5, 0.6) is 5.75 Å². The summed E-state index contributed by atoms with van der Waals surface area (Å²) in [4.78, 5) is 13.1. The standard InChI is InChI=1S/C28H33ClN2O2.BrH/c1-3-17-31(18-4-2,20-23-13-15-25(29)16-14-23)21-28(32)30-26-11-8-12-27(19-26)33-22-24-9-6-5-7-10-24;/h5-16,19H,3-4,17-18,20-22H2,1-2H3;1H. The quantitative estimate of drug-likeness (QED) is 0.353. The number of quaternary nitrogens is 1. The zero-order valence-corrected chi connectivity index (χ0v) is 22.3. The second-order valence-corrected chi connectivity index (χ2v) is 9.02. The third kappa shape index (κ3) is 8.79. The Morgan fingerprint density at radius 1 is 0.882 bits per heavy atom. The van der Waals surface area contributed by atoms with E-state index in [0.717, 1.165) is 59.0 Å². The van der Waals surface area contributed by atoms with Crippen LogP contribution in [-0.2, 0) is 17.9 Å². The Bertz CT molecular complexity index is 1010. The maximum Gasteiger partial charge on any atom is 0.279 e. The highest BCUT2D eigenvalue weighted by Gasteiger charge is 2.29. The number of benzene rings is 3. The molecule has 0 heterocycles. The number of carbonyl (C=O) groups excluding carboxylic acids is 1. The molecule has 0 radical (unpaired) electrons. The van der Waals surface area contributed by atoms with Gasteiger partial charge in [-0.15, -0.1) is 0 Å². The zero-order chi connectivity index (χ0) is 23.5. The lowest BCUT2D eigenvalue weighted by Gasteiger charge is -2.38. The van der Waals surface area contributed by atoms with Gasteiger partial charge in [0.05, 0.1) is 13.1 Å². The zero-order valence-electron chi connectivity index (χ0n) is 20.0. The molecule has 0 bridgehead atoms. The fourth-order valence-electron chi connectivity index (χ4n) is 4.32. The number of nitrogens with one attached hydrogen (secondary N) is 1. The van der Waals surface area contributed by atoms with Crippen LogP contribution in [0.15, 0.2) is 78.9 Å². The molecule has 0 saturated carbocycles. The monoisotopic (exact) mass is 544 g/mol. The van der Waals surface area contributed by atoms with Crippen LogP contribution < -0.4 is 27.0 Å². The summed E-state index contributed by atoms with van der Waals surface area (Å²) in [5, 5.41) is 3.82. The maximum absolute atomic E-state index is 13.1. The molecule has 4 nitrogen and oxygen atoms in total. The third-order valence-corrected chi connectivity index (χ3v) is 5.92. The van der Waals surface area contributed by atoms with Crippen LogP contribution in [-0.4, -0.2) is 30.0 Å². The van der Waals surface area contributed by atoms with Crippen molar-refractivity contribution in [1.29, 1.82) is 0 Å². The molecule has 1 amide bonds. The fraction of sp³-hybridized carbons (Fsp3) is 0.321. The van der Waals surface area contributed by atoms with Gasteiger partial charge in [-0.3, -0.25) is 4.79 Å². The minimum absolute atomic E-state index is 0. The second-order valence-electron chi connectivity index (χ2n) is 8.58. The van der Waals surface area contributed by atoms with Gasteiger partial charge in [0.2, 0.25) is 0 Å². The van der Waals surface area contributed by atoms with Gasteiger partial charge in [-0.25, -0.2) is 0 Å². The number of carbonyl (C=O) groups is 1. The number of amides is 1. The lowest BCUT2D eigenvalue weighted by atomic mass is 10.1. The SMILES string of the molecule is CCC[N+](CCC)(CC(=O)Nc1cccc(OCc2ccccc2)c1)Cc1ccc(Cl)cc1.[Br-]. The van der Waals surface area contributed by atoms with E-state index in [1.54, 1.807) is 0 Å². The topological polar surface area (TPSA) is 38.3 Å². The average molecular weight is 546 g/mol. The third-order valence-electron chi connectivity index (χ3n) is 5.67. The Morgan fingerprint density at radius 3 is 2.21 bits per heavy atom. The van der Waals surface area contributed by atoms with E-state index in [4.69, 9.17) is 16.3 Å². The molecule has 6 heteroatoms. The molecule has 0 aliphatic rings. The first kappa shape index (κ1) is 27.9. The summed E-state index contributed by atoms with van der Waals surface area (Å²) in [6, 6.07) is 25.6. The molecule has 182 valence electrons. The van der Waals surface area contributed by atoms with Gasteiger partial charge in [-0.1, -0.05) is 74.0 Å². The lowest BCUT2D eigenvalue weighted by Crippen LogP contribution is -3.00. The van der Waals surface area contributed by atoms with Crippen LogP contribution >= 0.6 is 11.6 Å². The summed E-state index contributed by atoms with van der Waals surface area (Å²) < 4.78 is 6.64. The number of anilines is 1. The largest absolute Gasteiger partial charge is 1.00 e. The maximum atomic E-state index is 13.1. The molecule has 3 rings (SSSR count). The van der Waals surface area contributed by atoms with E-state index in [-0.39, 0.29) is 22.9 Å². The average Bonchev–Trinajstić information content (AvgIpc) is 2.80. The highest BCUT2D eigenvalue weighted by molar-refractivity contribution is 6.30. The summed E-state index contributed by atoms with van der Waals surface area (Å²) >= 11 is 6.07. The van der Waals surface area contributed by atoms with Crippen molar-refractivity contribution in [3.8, 4) is 5.75 Å². The minimum Gasteiger partial charge on any atom is -1.00 e. The van der Waals surface area contributed by atoms with E-state index in [1.807, 2.05) is 66.7 Å². The normalized spacial score (nSPS) is 10.9. The van der Waals surface area contributed by atoms with Crippen molar-refractivity contribution in [1.82, 2.24) is 0 Å². The van der Waals surface area contributed by atoms with E-state index in [1.165, 1.54) is 5.56 Å². The van der Waals surface area contributed by atoms with E-state index < -0.39 is 0 Å². The second kappa shape index (κ2) is 14.1. The van der Waals surface area contributed by atoms with Crippen LogP contribution in [0.2, 0.25) is 5.02 Å². The van der Waals surface area contributed by atoms with Crippen LogP contribution in [0, 0.1) is 0 Å². The van der Waals surface area contributed by atoms with Gasteiger partial charge in [-0.05, 0) is 42.7 Å². The molecule has 34 heavy (non-hydrogen) atoms. The van der Waals surface area contributed by atoms with Crippen LogP contribution in [0.3, 0.4) is 0 Å². The molecule has 3 aromatic rings. The highest BCUT2D eigenvalue weighted by Crippen LogP contribution is 2.21. The lowest BCUT2D eigenvalue weighted by molar-refractivity contribution is -0.933. The van der Waals surface area contributed by atoms with Crippen molar-refractivity contribution in [2.24, 2.45) is 0 Å². The molecular formula is C28H34BrClN2O2. The number of hydrogen-bond acceptors (Lipinski definition) is 2. The van der Waals surface area contributed by atoms with Crippen molar-refractivity contribution in [3.63, 3.8) is 0 Å². The highest BCUT2D eigenvalue weighted by atomic mass is 79.9. The van der Waals surface area contributed by atoms with Gasteiger partial charge >= 0.3 is 0 Å². The Morgan fingerprint density at radius 2 is 1.56 bits per heavy atom. The number of ether oxygens (including phenoxy) is 1. The molecule has 0 aliphatic carbocycles. The minimum atomic E-state index is 0. The molecule has 0 fully saturated rings. The Hall–Kier alpha value is -2.34. The predicted molar refractivity (Wildman–Crippen MR) is 136 cm³/mol. The first-order valence-electron chi connectivity index (χ1n) is 11.7. The van der Waals surface area contributed by atoms with E-state index in [0.29, 0.717) is 13.2 Å².